The highest BCUT2D eigenvalue weighted by molar-refractivity contribution is 7.91. The standard InChI is InChI=1S/C13H20N4O3S/c1-2-5-14-12-9-15-11(8-16-12)13(18)17-10-3-6-21(19,20)7-4-10/h8-10H,2-7H2,1H3,(H,14,16)(H,17,18). The summed E-state index contributed by atoms with van der Waals surface area (Å²) in [5.74, 6) is 0.582. The van der Waals surface area contributed by atoms with E-state index >= 15 is 0 Å². The zero-order valence-corrected chi connectivity index (χ0v) is 12.8. The Morgan fingerprint density at radius 3 is 2.57 bits per heavy atom. The summed E-state index contributed by atoms with van der Waals surface area (Å²) in [6.45, 7) is 2.85. The van der Waals surface area contributed by atoms with Gasteiger partial charge in [0.05, 0.1) is 23.9 Å². The molecule has 0 bridgehead atoms. The van der Waals surface area contributed by atoms with Crippen molar-refractivity contribution in [1.29, 1.82) is 0 Å². The fourth-order valence-corrected chi connectivity index (χ4v) is 3.57. The van der Waals surface area contributed by atoms with Crippen molar-refractivity contribution in [3.8, 4) is 0 Å². The lowest BCUT2D eigenvalue weighted by atomic mass is 10.1. The SMILES string of the molecule is CCCNc1cnc(C(=O)NC2CCS(=O)(=O)CC2)cn1. The molecule has 7 nitrogen and oxygen atoms in total. The molecule has 1 saturated heterocycles. The van der Waals surface area contributed by atoms with Crippen LogP contribution in [0.3, 0.4) is 0 Å². The molecule has 2 N–H and O–H groups in total. The van der Waals surface area contributed by atoms with Gasteiger partial charge in [0.15, 0.2) is 0 Å². The minimum Gasteiger partial charge on any atom is -0.369 e. The van der Waals surface area contributed by atoms with E-state index in [2.05, 4.69) is 20.6 Å². The number of nitrogens with zero attached hydrogens (tertiary/aromatic N) is 2. The maximum Gasteiger partial charge on any atom is 0.271 e. The average molecular weight is 312 g/mol. The second kappa shape index (κ2) is 6.84. The van der Waals surface area contributed by atoms with Gasteiger partial charge in [-0.25, -0.2) is 18.4 Å². The molecule has 2 heterocycles. The number of nitrogens with one attached hydrogen (secondary N) is 2. The highest BCUT2D eigenvalue weighted by atomic mass is 32.2. The maximum absolute atomic E-state index is 12.0. The molecule has 1 fully saturated rings. The Bertz CT molecular complexity index is 572. The maximum atomic E-state index is 12.0. The molecule has 21 heavy (non-hydrogen) atoms. The highest BCUT2D eigenvalue weighted by Crippen LogP contribution is 2.12. The predicted molar refractivity (Wildman–Crippen MR) is 80.0 cm³/mol. The quantitative estimate of drug-likeness (QED) is 0.826. The Kier molecular flexibility index (Phi) is 5.11. The molecule has 1 amide bonds. The predicted octanol–water partition coefficient (Wildman–Crippen LogP) is 0.606. The molecule has 1 aromatic rings. The fourth-order valence-electron chi connectivity index (χ4n) is 2.08. The number of rotatable bonds is 5. The van der Waals surface area contributed by atoms with Gasteiger partial charge in [0, 0.05) is 12.6 Å². The first-order chi connectivity index (χ1) is 10.00. The van der Waals surface area contributed by atoms with Gasteiger partial charge in [-0.1, -0.05) is 6.92 Å². The second-order valence-corrected chi connectivity index (χ2v) is 7.42. The van der Waals surface area contributed by atoms with E-state index in [9.17, 15) is 13.2 Å². The smallest absolute Gasteiger partial charge is 0.271 e. The van der Waals surface area contributed by atoms with Gasteiger partial charge in [-0.3, -0.25) is 4.79 Å². The number of carbonyl (C=O) groups is 1. The van der Waals surface area contributed by atoms with Crippen LogP contribution >= 0.6 is 0 Å². The van der Waals surface area contributed by atoms with Crippen LogP contribution in [0.25, 0.3) is 0 Å². The molecule has 0 radical (unpaired) electrons. The van der Waals surface area contributed by atoms with E-state index in [1.54, 1.807) is 0 Å². The van der Waals surface area contributed by atoms with E-state index in [0.29, 0.717) is 18.7 Å². The summed E-state index contributed by atoms with van der Waals surface area (Å²) in [5.41, 5.74) is 0.241. The van der Waals surface area contributed by atoms with Crippen LogP contribution in [-0.2, 0) is 9.84 Å². The van der Waals surface area contributed by atoms with Crippen molar-refractivity contribution in [2.75, 3.05) is 23.4 Å². The molecule has 0 unspecified atom stereocenters. The van der Waals surface area contributed by atoms with E-state index in [4.69, 9.17) is 0 Å². The van der Waals surface area contributed by atoms with Gasteiger partial charge in [-0.05, 0) is 19.3 Å². The molecule has 0 spiro atoms. The number of hydrogen-bond acceptors (Lipinski definition) is 6. The van der Waals surface area contributed by atoms with Gasteiger partial charge in [0.1, 0.15) is 21.3 Å². The first-order valence-corrected chi connectivity index (χ1v) is 8.89. The van der Waals surface area contributed by atoms with Crippen LogP contribution in [0.5, 0.6) is 0 Å². The molecule has 1 aromatic heterocycles. The van der Waals surface area contributed by atoms with Crippen LogP contribution in [0.1, 0.15) is 36.7 Å². The van der Waals surface area contributed by atoms with E-state index < -0.39 is 9.84 Å². The Hall–Kier alpha value is -1.70. The monoisotopic (exact) mass is 312 g/mol. The van der Waals surface area contributed by atoms with Crippen molar-refractivity contribution in [2.45, 2.75) is 32.2 Å². The van der Waals surface area contributed by atoms with E-state index in [0.717, 1.165) is 13.0 Å². The molecule has 2 rings (SSSR count). The van der Waals surface area contributed by atoms with Crippen molar-refractivity contribution < 1.29 is 13.2 Å². The number of sulfone groups is 1. The first kappa shape index (κ1) is 15.7. The zero-order valence-electron chi connectivity index (χ0n) is 12.0. The summed E-state index contributed by atoms with van der Waals surface area (Å²) in [6, 6.07) is -0.110. The molecule has 0 saturated carbocycles. The van der Waals surface area contributed by atoms with Crippen molar-refractivity contribution >= 4 is 21.6 Å². The molecular weight excluding hydrogens is 292 g/mol. The molecule has 1 aliphatic heterocycles. The summed E-state index contributed by atoms with van der Waals surface area (Å²) in [6.07, 6.45) is 4.84. The third-order valence-electron chi connectivity index (χ3n) is 3.33. The Morgan fingerprint density at radius 2 is 2.00 bits per heavy atom. The van der Waals surface area contributed by atoms with Crippen LogP contribution in [-0.4, -0.2) is 48.4 Å². The summed E-state index contributed by atoms with van der Waals surface area (Å²) in [5, 5.41) is 5.89. The third-order valence-corrected chi connectivity index (χ3v) is 5.05. The fraction of sp³-hybridized carbons (Fsp3) is 0.615. The molecule has 116 valence electrons. The van der Waals surface area contributed by atoms with Crippen LogP contribution in [0.4, 0.5) is 5.82 Å². The topological polar surface area (TPSA) is 101 Å². The van der Waals surface area contributed by atoms with Crippen molar-refractivity contribution in [2.24, 2.45) is 0 Å². The Morgan fingerprint density at radius 1 is 1.29 bits per heavy atom. The lowest BCUT2D eigenvalue weighted by molar-refractivity contribution is 0.0929. The van der Waals surface area contributed by atoms with Crippen molar-refractivity contribution in [1.82, 2.24) is 15.3 Å². The average Bonchev–Trinajstić information content (AvgIpc) is 2.48. The summed E-state index contributed by atoms with van der Waals surface area (Å²) >= 11 is 0. The van der Waals surface area contributed by atoms with Gasteiger partial charge in [-0.2, -0.15) is 0 Å². The largest absolute Gasteiger partial charge is 0.369 e. The lowest BCUT2D eigenvalue weighted by Gasteiger charge is -2.22. The zero-order chi connectivity index (χ0) is 15.3. The molecule has 1 aliphatic rings. The number of aromatic nitrogens is 2. The third kappa shape index (κ3) is 4.66. The second-order valence-electron chi connectivity index (χ2n) is 5.11. The summed E-state index contributed by atoms with van der Waals surface area (Å²) in [4.78, 5) is 20.2. The van der Waals surface area contributed by atoms with Gasteiger partial charge in [-0.15, -0.1) is 0 Å². The Labute approximate surface area is 124 Å². The van der Waals surface area contributed by atoms with E-state index in [1.165, 1.54) is 12.4 Å². The van der Waals surface area contributed by atoms with Crippen LogP contribution < -0.4 is 10.6 Å². The minimum absolute atomic E-state index is 0.110. The van der Waals surface area contributed by atoms with Gasteiger partial charge in [0.2, 0.25) is 0 Å². The number of hydrogen-bond donors (Lipinski definition) is 2. The summed E-state index contributed by atoms with van der Waals surface area (Å²) in [7, 11) is -2.92. The molecule has 0 aliphatic carbocycles. The molecule has 8 heteroatoms. The molecule has 0 aromatic carbocycles. The van der Waals surface area contributed by atoms with Crippen LogP contribution in [0, 0.1) is 0 Å². The Balaban J connectivity index is 1.88. The van der Waals surface area contributed by atoms with Crippen LogP contribution in [0.15, 0.2) is 12.4 Å². The first-order valence-electron chi connectivity index (χ1n) is 7.07. The van der Waals surface area contributed by atoms with E-state index in [1.807, 2.05) is 6.92 Å². The van der Waals surface area contributed by atoms with Gasteiger partial charge < -0.3 is 10.6 Å². The van der Waals surface area contributed by atoms with Crippen molar-refractivity contribution in [3.05, 3.63) is 18.1 Å². The number of carbonyl (C=O) groups excluding carboxylic acids is 1. The van der Waals surface area contributed by atoms with Gasteiger partial charge >= 0.3 is 0 Å². The normalized spacial score (nSPS) is 18.1. The lowest BCUT2D eigenvalue weighted by Crippen LogP contribution is -2.41. The van der Waals surface area contributed by atoms with Gasteiger partial charge in [0.25, 0.3) is 5.91 Å². The molecule has 0 atom stereocenters. The van der Waals surface area contributed by atoms with Crippen molar-refractivity contribution in [3.63, 3.8) is 0 Å². The number of amides is 1. The molecular formula is C13H20N4O3S. The summed E-state index contributed by atoms with van der Waals surface area (Å²) < 4.78 is 22.7. The van der Waals surface area contributed by atoms with E-state index in [-0.39, 0.29) is 29.1 Å². The number of anilines is 1. The minimum atomic E-state index is -2.92. The highest BCUT2D eigenvalue weighted by Gasteiger charge is 2.25. The van der Waals surface area contributed by atoms with Crippen LogP contribution in [0.2, 0.25) is 0 Å².